The second-order valence-electron chi connectivity index (χ2n) is 9.11. The van der Waals surface area contributed by atoms with E-state index in [1.54, 1.807) is 17.4 Å². The number of aromatic nitrogens is 2. The van der Waals surface area contributed by atoms with Crippen LogP contribution in [0, 0.1) is 12.8 Å². The van der Waals surface area contributed by atoms with Crippen LogP contribution >= 0.6 is 22.9 Å². The van der Waals surface area contributed by atoms with E-state index in [-0.39, 0.29) is 12.0 Å². The summed E-state index contributed by atoms with van der Waals surface area (Å²) in [7, 11) is -3.61. The molecule has 0 spiro atoms. The van der Waals surface area contributed by atoms with Crippen LogP contribution in [0.25, 0.3) is 10.5 Å². The van der Waals surface area contributed by atoms with E-state index in [4.69, 9.17) is 16.6 Å². The van der Waals surface area contributed by atoms with Gasteiger partial charge in [0.25, 0.3) is 0 Å². The first-order valence-electron chi connectivity index (χ1n) is 11.0. The standard InChI is InChI=1S/C22H28ClN3O3S2/c1-13-21(26-12-19(15-4-5-15)30-22(26)25-13)16-6-9-18(23)20(10-16)31(28,29)24-11-14-2-7-17(27)8-3-14/h6,9,12,14-15,17,20,24,27H,2-5,7-8,10-11H2,1H3. The van der Waals surface area contributed by atoms with Crippen LogP contribution in [0.3, 0.4) is 0 Å². The molecule has 6 nitrogen and oxygen atoms in total. The van der Waals surface area contributed by atoms with Gasteiger partial charge in [-0.15, -0.1) is 11.3 Å². The van der Waals surface area contributed by atoms with E-state index >= 15 is 0 Å². The SMILES string of the molecule is Cc1nc2sc(C3CC3)cn2c1C1=CC=C(Cl)C(S(=O)(=O)NCC2CCC(O)CC2)C1. The van der Waals surface area contributed by atoms with Crippen molar-refractivity contribution in [2.24, 2.45) is 5.92 Å². The number of aryl methyl sites for hydroxylation is 1. The lowest BCUT2D eigenvalue weighted by atomic mass is 9.88. The van der Waals surface area contributed by atoms with Gasteiger partial charge in [-0.3, -0.25) is 4.40 Å². The first kappa shape index (κ1) is 21.6. The van der Waals surface area contributed by atoms with Crippen LogP contribution in [0.15, 0.2) is 23.4 Å². The molecule has 0 amide bonds. The van der Waals surface area contributed by atoms with Gasteiger partial charge in [-0.25, -0.2) is 18.1 Å². The second kappa shape index (κ2) is 8.30. The van der Waals surface area contributed by atoms with Crippen LogP contribution in [-0.2, 0) is 10.0 Å². The molecule has 2 heterocycles. The molecule has 5 rings (SSSR count). The van der Waals surface area contributed by atoms with Gasteiger partial charge in [-0.2, -0.15) is 0 Å². The lowest BCUT2D eigenvalue weighted by molar-refractivity contribution is 0.109. The summed E-state index contributed by atoms with van der Waals surface area (Å²) in [6.07, 6.45) is 11.6. The minimum Gasteiger partial charge on any atom is -0.393 e. The first-order chi connectivity index (χ1) is 14.8. The lowest BCUT2D eigenvalue weighted by Gasteiger charge is -2.27. The van der Waals surface area contributed by atoms with Crippen molar-refractivity contribution in [3.63, 3.8) is 0 Å². The maximum absolute atomic E-state index is 13.1. The van der Waals surface area contributed by atoms with Crippen LogP contribution in [0.2, 0.25) is 0 Å². The molecular weight excluding hydrogens is 454 g/mol. The summed E-state index contributed by atoms with van der Waals surface area (Å²) in [6.45, 7) is 2.38. The second-order valence-corrected chi connectivity index (χ2v) is 12.5. The fourth-order valence-electron chi connectivity index (χ4n) is 4.68. The molecule has 3 aliphatic carbocycles. The Kier molecular flexibility index (Phi) is 5.80. The van der Waals surface area contributed by atoms with Gasteiger partial charge < -0.3 is 5.11 Å². The normalized spacial score (nSPS) is 27.4. The highest BCUT2D eigenvalue weighted by Crippen LogP contribution is 2.44. The predicted octanol–water partition coefficient (Wildman–Crippen LogP) is 4.33. The number of allylic oxidation sites excluding steroid dienone is 3. The molecule has 0 radical (unpaired) electrons. The zero-order chi connectivity index (χ0) is 21.8. The van der Waals surface area contributed by atoms with E-state index in [1.807, 2.05) is 13.0 Å². The van der Waals surface area contributed by atoms with Crippen molar-refractivity contribution in [2.75, 3.05) is 6.54 Å². The molecule has 168 valence electrons. The highest BCUT2D eigenvalue weighted by Gasteiger charge is 2.34. The number of imidazole rings is 1. The van der Waals surface area contributed by atoms with Gasteiger partial charge in [0.15, 0.2) is 4.96 Å². The molecule has 9 heteroatoms. The number of nitrogens with one attached hydrogen (secondary N) is 1. The van der Waals surface area contributed by atoms with Crippen molar-refractivity contribution in [1.82, 2.24) is 14.1 Å². The Balaban J connectivity index is 1.35. The van der Waals surface area contributed by atoms with Gasteiger partial charge in [0.05, 0.1) is 17.5 Å². The molecule has 0 saturated heterocycles. The Morgan fingerprint density at radius 1 is 1.23 bits per heavy atom. The van der Waals surface area contributed by atoms with E-state index < -0.39 is 15.3 Å². The van der Waals surface area contributed by atoms with E-state index in [1.165, 1.54) is 17.7 Å². The summed E-state index contributed by atoms with van der Waals surface area (Å²) in [5.41, 5.74) is 2.85. The maximum Gasteiger partial charge on any atom is 0.219 e. The van der Waals surface area contributed by atoms with E-state index in [9.17, 15) is 13.5 Å². The van der Waals surface area contributed by atoms with Crippen LogP contribution in [-0.4, -0.2) is 40.8 Å². The monoisotopic (exact) mass is 481 g/mol. The first-order valence-corrected chi connectivity index (χ1v) is 13.8. The Morgan fingerprint density at radius 2 is 1.97 bits per heavy atom. The summed E-state index contributed by atoms with van der Waals surface area (Å²) in [6, 6.07) is 0. The third-order valence-corrected chi connectivity index (χ3v) is 10.1. The van der Waals surface area contributed by atoms with E-state index in [2.05, 4.69) is 15.3 Å². The van der Waals surface area contributed by atoms with Crippen molar-refractivity contribution in [3.05, 3.63) is 39.6 Å². The van der Waals surface area contributed by atoms with Gasteiger partial charge in [0.2, 0.25) is 10.0 Å². The number of aliphatic hydroxyl groups is 1. The van der Waals surface area contributed by atoms with Crippen molar-refractivity contribution in [1.29, 1.82) is 0 Å². The number of hydrogen-bond acceptors (Lipinski definition) is 5. The number of halogens is 1. The summed E-state index contributed by atoms with van der Waals surface area (Å²) in [5, 5.41) is 9.22. The molecule has 2 aromatic rings. The van der Waals surface area contributed by atoms with Gasteiger partial charge in [0.1, 0.15) is 5.25 Å². The average Bonchev–Trinajstić information content (AvgIpc) is 3.44. The van der Waals surface area contributed by atoms with Gasteiger partial charge in [-0.05, 0) is 75.4 Å². The van der Waals surface area contributed by atoms with Crippen LogP contribution < -0.4 is 4.72 Å². The Hall–Kier alpha value is -1.19. The maximum atomic E-state index is 13.1. The minimum atomic E-state index is -3.61. The molecule has 0 aliphatic heterocycles. The molecule has 2 fully saturated rings. The fraction of sp³-hybridized carbons (Fsp3) is 0.591. The molecule has 31 heavy (non-hydrogen) atoms. The van der Waals surface area contributed by atoms with Crippen molar-refractivity contribution < 1.29 is 13.5 Å². The highest BCUT2D eigenvalue weighted by atomic mass is 35.5. The number of thiazole rings is 1. The minimum absolute atomic E-state index is 0.246. The largest absolute Gasteiger partial charge is 0.393 e. The van der Waals surface area contributed by atoms with Gasteiger partial charge in [0, 0.05) is 22.7 Å². The molecule has 0 aromatic carbocycles. The van der Waals surface area contributed by atoms with Gasteiger partial charge >= 0.3 is 0 Å². The van der Waals surface area contributed by atoms with E-state index in [0.717, 1.165) is 47.6 Å². The highest BCUT2D eigenvalue weighted by molar-refractivity contribution is 7.90. The number of fused-ring (bicyclic) bond motifs is 1. The number of nitrogens with zero attached hydrogens (tertiary/aromatic N) is 2. The van der Waals surface area contributed by atoms with Crippen molar-refractivity contribution >= 4 is 43.5 Å². The van der Waals surface area contributed by atoms with Crippen molar-refractivity contribution in [2.45, 2.75) is 69.1 Å². The molecule has 0 bridgehead atoms. The fourth-order valence-corrected chi connectivity index (χ4v) is 7.82. The Bertz CT molecular complexity index is 1150. The molecule has 1 unspecified atom stereocenters. The average molecular weight is 482 g/mol. The molecule has 2 saturated carbocycles. The summed E-state index contributed by atoms with van der Waals surface area (Å²) in [4.78, 5) is 7.05. The van der Waals surface area contributed by atoms with Crippen LogP contribution in [0.4, 0.5) is 0 Å². The molecule has 2 N–H and O–H groups in total. The number of sulfonamides is 1. The van der Waals surface area contributed by atoms with Crippen LogP contribution in [0.1, 0.15) is 67.1 Å². The zero-order valence-corrected chi connectivity index (χ0v) is 19.9. The number of hydrogen-bond donors (Lipinski definition) is 2. The predicted molar refractivity (Wildman–Crippen MR) is 125 cm³/mol. The quantitative estimate of drug-likeness (QED) is 0.643. The topological polar surface area (TPSA) is 83.7 Å². The molecule has 2 aromatic heterocycles. The summed E-state index contributed by atoms with van der Waals surface area (Å²) < 4.78 is 31.2. The summed E-state index contributed by atoms with van der Waals surface area (Å²) >= 11 is 8.12. The molecular formula is C22H28ClN3O3S2. The van der Waals surface area contributed by atoms with Crippen LogP contribution in [0.5, 0.6) is 0 Å². The zero-order valence-electron chi connectivity index (χ0n) is 17.6. The smallest absolute Gasteiger partial charge is 0.219 e. The summed E-state index contributed by atoms with van der Waals surface area (Å²) in [5.74, 6) is 0.927. The molecule has 1 atom stereocenters. The molecule has 3 aliphatic rings. The lowest BCUT2D eigenvalue weighted by Crippen LogP contribution is -2.39. The Labute approximate surface area is 192 Å². The number of aliphatic hydroxyl groups excluding tert-OH is 1. The Morgan fingerprint density at radius 3 is 2.68 bits per heavy atom. The van der Waals surface area contributed by atoms with Gasteiger partial charge in [-0.1, -0.05) is 17.7 Å². The number of rotatable bonds is 6. The van der Waals surface area contributed by atoms with Crippen molar-refractivity contribution in [3.8, 4) is 0 Å². The third-order valence-electron chi connectivity index (χ3n) is 6.72. The third kappa shape index (κ3) is 4.37. The van der Waals surface area contributed by atoms with E-state index in [0.29, 0.717) is 23.9 Å².